The lowest BCUT2D eigenvalue weighted by Gasteiger charge is -2.32. The third-order valence-electron chi connectivity index (χ3n) is 4.33. The number of nitrogens with one attached hydrogen (secondary N) is 1. The number of benzene rings is 1. The van der Waals surface area contributed by atoms with Gasteiger partial charge in [-0.25, -0.2) is 0 Å². The molecule has 1 aliphatic rings. The van der Waals surface area contributed by atoms with Gasteiger partial charge in [0.05, 0.1) is 19.1 Å². The van der Waals surface area contributed by atoms with Crippen molar-refractivity contribution in [1.29, 1.82) is 0 Å². The van der Waals surface area contributed by atoms with Crippen LogP contribution >= 0.6 is 0 Å². The summed E-state index contributed by atoms with van der Waals surface area (Å²) in [6.45, 7) is 4.79. The molecule has 1 fully saturated rings. The Hall–Kier alpha value is -2.18. The fourth-order valence-corrected chi connectivity index (χ4v) is 3.07. The van der Waals surface area contributed by atoms with Gasteiger partial charge in [0.2, 0.25) is 5.91 Å². The van der Waals surface area contributed by atoms with Gasteiger partial charge in [-0.1, -0.05) is 30.3 Å². The fourth-order valence-electron chi connectivity index (χ4n) is 3.07. The molecule has 1 aromatic heterocycles. The lowest BCUT2D eigenvalue weighted by Crippen LogP contribution is -2.44. The summed E-state index contributed by atoms with van der Waals surface area (Å²) in [6, 6.07) is 12.3. The minimum atomic E-state index is -0.0245. The van der Waals surface area contributed by atoms with E-state index in [-0.39, 0.29) is 12.0 Å². The number of ether oxygens (including phenoxy) is 1. The molecule has 6 heteroatoms. The van der Waals surface area contributed by atoms with Gasteiger partial charge >= 0.3 is 0 Å². The molecule has 0 saturated carbocycles. The molecule has 1 aromatic carbocycles. The van der Waals surface area contributed by atoms with Crippen molar-refractivity contribution >= 4 is 5.91 Å². The van der Waals surface area contributed by atoms with Gasteiger partial charge in [-0.2, -0.15) is 5.10 Å². The zero-order chi connectivity index (χ0) is 17.3. The summed E-state index contributed by atoms with van der Waals surface area (Å²) < 4.78 is 7.64. The predicted octanol–water partition coefficient (Wildman–Crippen LogP) is 1.68. The smallest absolute Gasteiger partial charge is 0.222 e. The predicted molar refractivity (Wildman–Crippen MR) is 95.9 cm³/mol. The number of morpholine rings is 1. The maximum Gasteiger partial charge on any atom is 0.222 e. The number of aryl methyl sites for hydroxylation is 1. The van der Waals surface area contributed by atoms with Gasteiger partial charge in [0.15, 0.2) is 0 Å². The van der Waals surface area contributed by atoms with Gasteiger partial charge in [0.25, 0.3) is 0 Å². The molecule has 1 N–H and O–H groups in total. The molecule has 0 bridgehead atoms. The summed E-state index contributed by atoms with van der Waals surface area (Å²) in [5.41, 5.74) is 1.30. The summed E-state index contributed by atoms with van der Waals surface area (Å²) in [5.74, 6) is 0.0621. The zero-order valence-corrected chi connectivity index (χ0v) is 14.5. The van der Waals surface area contributed by atoms with Gasteiger partial charge in [-0.15, -0.1) is 0 Å². The molecular formula is C19H26N4O2. The van der Waals surface area contributed by atoms with Crippen LogP contribution in [0.5, 0.6) is 0 Å². The van der Waals surface area contributed by atoms with E-state index in [1.54, 1.807) is 6.20 Å². The molecule has 3 rings (SSSR count). The third-order valence-corrected chi connectivity index (χ3v) is 4.33. The highest BCUT2D eigenvalue weighted by Crippen LogP contribution is 2.12. The molecule has 1 atom stereocenters. The first-order valence-corrected chi connectivity index (χ1v) is 8.91. The summed E-state index contributed by atoms with van der Waals surface area (Å²) in [4.78, 5) is 14.5. The highest BCUT2D eigenvalue weighted by molar-refractivity contribution is 5.76. The molecule has 2 aromatic rings. The van der Waals surface area contributed by atoms with E-state index >= 15 is 0 Å². The van der Waals surface area contributed by atoms with Crippen molar-refractivity contribution in [2.45, 2.75) is 32.0 Å². The summed E-state index contributed by atoms with van der Waals surface area (Å²) in [6.07, 6.45) is 4.97. The van der Waals surface area contributed by atoms with Crippen LogP contribution < -0.4 is 5.32 Å². The quantitative estimate of drug-likeness (QED) is 0.742. The number of carbonyl (C=O) groups is 1. The molecule has 134 valence electrons. The number of aromatic nitrogens is 2. The van der Waals surface area contributed by atoms with Gasteiger partial charge in [0.1, 0.15) is 0 Å². The van der Waals surface area contributed by atoms with Crippen molar-refractivity contribution in [3.63, 3.8) is 0 Å². The van der Waals surface area contributed by atoms with Crippen molar-refractivity contribution < 1.29 is 9.53 Å². The molecule has 1 saturated heterocycles. The average Bonchev–Trinajstić information content (AvgIpc) is 3.13. The maximum absolute atomic E-state index is 12.1. The van der Waals surface area contributed by atoms with Crippen molar-refractivity contribution in [2.75, 3.05) is 26.2 Å². The maximum atomic E-state index is 12.1. The van der Waals surface area contributed by atoms with Crippen molar-refractivity contribution in [3.8, 4) is 0 Å². The number of carbonyl (C=O) groups excluding carboxylic acids is 1. The number of hydrogen-bond donors (Lipinski definition) is 1. The molecule has 0 aliphatic carbocycles. The van der Waals surface area contributed by atoms with Gasteiger partial charge in [0, 0.05) is 45.1 Å². The monoisotopic (exact) mass is 342 g/mol. The molecule has 1 aliphatic heterocycles. The molecule has 0 spiro atoms. The van der Waals surface area contributed by atoms with E-state index in [9.17, 15) is 4.79 Å². The molecular weight excluding hydrogens is 316 g/mol. The second-order valence-corrected chi connectivity index (χ2v) is 6.39. The third kappa shape index (κ3) is 5.99. The average molecular weight is 342 g/mol. The van der Waals surface area contributed by atoms with E-state index in [1.807, 2.05) is 23.0 Å². The van der Waals surface area contributed by atoms with Crippen LogP contribution in [-0.2, 0) is 22.6 Å². The Kier molecular flexibility index (Phi) is 6.59. The SMILES string of the molecule is O=C(C[C@@H]1CN(Cc2ccccc2)CCO1)NCCCn1cccn1. The summed E-state index contributed by atoms with van der Waals surface area (Å²) in [7, 11) is 0. The standard InChI is InChI=1S/C19H26N4O2/c24-19(20-8-4-10-23-11-5-9-21-23)14-18-16-22(12-13-25-18)15-17-6-2-1-3-7-17/h1-3,5-7,9,11,18H,4,8,10,12-16H2,(H,20,24)/t18-/m1/s1. The Bertz CT molecular complexity index is 630. The summed E-state index contributed by atoms with van der Waals surface area (Å²) >= 11 is 0. The second kappa shape index (κ2) is 9.34. The second-order valence-electron chi connectivity index (χ2n) is 6.39. The fraction of sp³-hybridized carbons (Fsp3) is 0.474. The van der Waals surface area contributed by atoms with Crippen molar-refractivity contribution in [2.24, 2.45) is 0 Å². The molecule has 6 nitrogen and oxygen atoms in total. The van der Waals surface area contributed by atoms with E-state index in [2.05, 4.69) is 39.6 Å². The number of rotatable bonds is 8. The van der Waals surface area contributed by atoms with Gasteiger partial charge in [-0.3, -0.25) is 14.4 Å². The minimum absolute atomic E-state index is 0.0245. The van der Waals surface area contributed by atoms with Crippen LogP contribution in [0, 0.1) is 0 Å². The van der Waals surface area contributed by atoms with Crippen LogP contribution in [0.15, 0.2) is 48.8 Å². The van der Waals surface area contributed by atoms with E-state index in [0.717, 1.165) is 32.6 Å². The van der Waals surface area contributed by atoms with Gasteiger partial charge < -0.3 is 10.1 Å². The summed E-state index contributed by atoms with van der Waals surface area (Å²) in [5, 5.41) is 7.13. The zero-order valence-electron chi connectivity index (χ0n) is 14.5. The van der Waals surface area contributed by atoms with Crippen LogP contribution in [0.4, 0.5) is 0 Å². The Morgan fingerprint density at radius 3 is 2.96 bits per heavy atom. The van der Waals surface area contributed by atoms with E-state index in [1.165, 1.54) is 5.56 Å². The lowest BCUT2D eigenvalue weighted by atomic mass is 10.1. The Morgan fingerprint density at radius 2 is 2.16 bits per heavy atom. The topological polar surface area (TPSA) is 59.4 Å². The molecule has 0 unspecified atom stereocenters. The number of amides is 1. The van der Waals surface area contributed by atoms with Gasteiger partial charge in [-0.05, 0) is 18.1 Å². The van der Waals surface area contributed by atoms with E-state index in [4.69, 9.17) is 4.74 Å². The molecule has 1 amide bonds. The van der Waals surface area contributed by atoms with E-state index in [0.29, 0.717) is 19.6 Å². The normalized spacial score (nSPS) is 18.2. The largest absolute Gasteiger partial charge is 0.375 e. The molecule has 0 radical (unpaired) electrons. The van der Waals surface area contributed by atoms with Crippen LogP contribution in [-0.4, -0.2) is 52.9 Å². The Balaban J connectivity index is 1.34. The minimum Gasteiger partial charge on any atom is -0.375 e. The Morgan fingerprint density at radius 1 is 1.28 bits per heavy atom. The first-order chi connectivity index (χ1) is 12.3. The van der Waals surface area contributed by atoms with Crippen molar-refractivity contribution in [3.05, 3.63) is 54.4 Å². The number of nitrogens with zero attached hydrogens (tertiary/aromatic N) is 3. The Labute approximate surface area is 148 Å². The van der Waals surface area contributed by atoms with Crippen molar-refractivity contribution in [1.82, 2.24) is 20.0 Å². The lowest BCUT2D eigenvalue weighted by molar-refractivity contribution is -0.126. The molecule has 2 heterocycles. The number of hydrogen-bond acceptors (Lipinski definition) is 4. The van der Waals surface area contributed by atoms with E-state index < -0.39 is 0 Å². The molecule has 25 heavy (non-hydrogen) atoms. The van der Waals surface area contributed by atoms with Crippen LogP contribution in [0.2, 0.25) is 0 Å². The first-order valence-electron chi connectivity index (χ1n) is 8.91. The van der Waals surface area contributed by atoms with Crippen LogP contribution in [0.3, 0.4) is 0 Å². The highest BCUT2D eigenvalue weighted by atomic mass is 16.5. The highest BCUT2D eigenvalue weighted by Gasteiger charge is 2.22. The van der Waals surface area contributed by atoms with Crippen LogP contribution in [0.25, 0.3) is 0 Å². The van der Waals surface area contributed by atoms with Crippen LogP contribution in [0.1, 0.15) is 18.4 Å². The first kappa shape index (κ1) is 17.6.